The molecule has 0 spiro atoms. The first-order valence-electron chi connectivity index (χ1n) is 7.99. The molecule has 0 saturated carbocycles. The van der Waals surface area contributed by atoms with E-state index in [1.54, 1.807) is 31.2 Å². The fraction of sp³-hybridized carbons (Fsp3) is 0.200. The molecular weight excluding hydrogens is 332 g/mol. The monoisotopic (exact) mass is 354 g/mol. The third-order valence-electron chi connectivity index (χ3n) is 4.21. The molecule has 1 heterocycles. The van der Waals surface area contributed by atoms with Crippen LogP contribution in [0.1, 0.15) is 34.1 Å². The van der Waals surface area contributed by atoms with Gasteiger partial charge in [0.25, 0.3) is 0 Å². The van der Waals surface area contributed by atoms with Crippen LogP contribution >= 0.6 is 0 Å². The van der Waals surface area contributed by atoms with Crippen molar-refractivity contribution in [3.8, 4) is 0 Å². The number of methoxy groups -OCH3 is 1. The van der Waals surface area contributed by atoms with Crippen LogP contribution < -0.4 is 5.73 Å². The molecule has 0 unspecified atom stereocenters. The number of Topliss-reactive ketones (excluding diaryl/α,β-unsaturated/α-hetero) is 1. The molecule has 6 nitrogen and oxygen atoms in total. The van der Waals surface area contributed by atoms with Gasteiger partial charge in [-0.1, -0.05) is 18.7 Å². The number of carboxylic acid groups (broad SMARTS) is 1. The molecule has 1 aliphatic heterocycles. The summed E-state index contributed by atoms with van der Waals surface area (Å²) in [6.45, 7) is 5.51. The average molecular weight is 354 g/mol. The van der Waals surface area contributed by atoms with E-state index in [0.29, 0.717) is 12.1 Å². The van der Waals surface area contributed by atoms with E-state index in [0.717, 1.165) is 17.0 Å². The number of hydrogen-bond donors (Lipinski definition) is 2. The highest BCUT2D eigenvalue weighted by Crippen LogP contribution is 2.32. The Morgan fingerprint density at radius 2 is 2.08 bits per heavy atom. The minimum atomic E-state index is -1.17. The summed E-state index contributed by atoms with van der Waals surface area (Å²) in [6, 6.07) is 4.28. The van der Waals surface area contributed by atoms with Gasteiger partial charge in [-0.2, -0.15) is 0 Å². The Morgan fingerprint density at radius 1 is 1.38 bits per heavy atom. The number of likely N-dealkylation sites (N-methyl/N-ethyl adjacent to an activating group) is 1. The number of carbonyl (C=O) groups is 2. The highest BCUT2D eigenvalue weighted by atomic mass is 16.5. The van der Waals surface area contributed by atoms with E-state index in [1.807, 2.05) is 13.0 Å². The van der Waals surface area contributed by atoms with E-state index in [9.17, 15) is 14.7 Å². The van der Waals surface area contributed by atoms with E-state index in [1.165, 1.54) is 18.2 Å². The van der Waals surface area contributed by atoms with Gasteiger partial charge < -0.3 is 20.5 Å². The van der Waals surface area contributed by atoms with E-state index in [2.05, 4.69) is 6.58 Å². The SMILES string of the molecule is C=C/C=C\C1=C(OC)CC(C)=C(C(=O)c2ccc(N)c(C(=O)O)c2)N1C. The molecule has 0 amide bonds. The maximum atomic E-state index is 13.1. The minimum absolute atomic E-state index is 0.0903. The number of benzene rings is 1. The summed E-state index contributed by atoms with van der Waals surface area (Å²) in [5.41, 5.74) is 8.04. The Morgan fingerprint density at radius 3 is 2.65 bits per heavy atom. The molecule has 0 saturated heterocycles. The predicted octanol–water partition coefficient (Wildman–Crippen LogP) is 3.36. The summed E-state index contributed by atoms with van der Waals surface area (Å²) < 4.78 is 5.45. The zero-order valence-electron chi connectivity index (χ0n) is 15.1. The zero-order chi connectivity index (χ0) is 19.4. The molecule has 1 aromatic carbocycles. The van der Waals surface area contributed by atoms with Crippen LogP contribution in [0.4, 0.5) is 5.69 Å². The number of nitrogens with two attached hydrogens (primary N) is 1. The smallest absolute Gasteiger partial charge is 0.337 e. The Balaban J connectivity index is 2.49. The maximum absolute atomic E-state index is 13.1. The minimum Gasteiger partial charge on any atom is -0.499 e. The van der Waals surface area contributed by atoms with Crippen molar-refractivity contribution in [1.82, 2.24) is 4.90 Å². The largest absolute Gasteiger partial charge is 0.499 e. The summed E-state index contributed by atoms with van der Waals surface area (Å²) in [5, 5.41) is 9.24. The van der Waals surface area contributed by atoms with Gasteiger partial charge in [0, 0.05) is 24.7 Å². The first-order valence-corrected chi connectivity index (χ1v) is 7.99. The standard InChI is InChI=1S/C20H22N2O4/c1-5-6-7-16-17(26-4)10-12(2)18(22(16)3)19(23)13-8-9-15(21)14(11-13)20(24)25/h5-9,11H,1,10,21H2,2-4H3,(H,24,25)/b7-6-. The topological polar surface area (TPSA) is 92.9 Å². The molecule has 0 radical (unpaired) electrons. The van der Waals surface area contributed by atoms with Crippen LogP contribution in [-0.4, -0.2) is 35.9 Å². The molecule has 6 heteroatoms. The van der Waals surface area contributed by atoms with Gasteiger partial charge >= 0.3 is 5.97 Å². The van der Waals surface area contributed by atoms with E-state index >= 15 is 0 Å². The molecule has 0 aliphatic carbocycles. The van der Waals surface area contributed by atoms with Crippen LogP contribution in [0.25, 0.3) is 0 Å². The number of carbonyl (C=O) groups excluding carboxylic acids is 1. The number of hydrogen-bond acceptors (Lipinski definition) is 5. The molecule has 0 atom stereocenters. The second-order valence-electron chi connectivity index (χ2n) is 5.91. The number of ether oxygens (including phenoxy) is 1. The fourth-order valence-electron chi connectivity index (χ4n) is 2.92. The third kappa shape index (κ3) is 3.54. The molecule has 0 aromatic heterocycles. The number of aromatic carboxylic acids is 1. The molecular formula is C20H22N2O4. The molecule has 0 bridgehead atoms. The van der Waals surface area contributed by atoms with Gasteiger partial charge in [-0.15, -0.1) is 0 Å². The number of ketones is 1. The van der Waals surface area contributed by atoms with Crippen LogP contribution in [0.15, 0.2) is 65.7 Å². The lowest BCUT2D eigenvalue weighted by molar-refractivity contribution is 0.0698. The summed E-state index contributed by atoms with van der Waals surface area (Å²) in [6.07, 6.45) is 5.70. The van der Waals surface area contributed by atoms with Crippen molar-refractivity contribution in [2.75, 3.05) is 19.9 Å². The van der Waals surface area contributed by atoms with Gasteiger partial charge in [0.2, 0.25) is 5.78 Å². The predicted molar refractivity (Wildman–Crippen MR) is 101 cm³/mol. The first kappa shape index (κ1) is 19.1. The van der Waals surface area contributed by atoms with Crippen molar-refractivity contribution in [3.05, 3.63) is 76.9 Å². The van der Waals surface area contributed by atoms with Gasteiger partial charge in [-0.25, -0.2) is 4.79 Å². The second kappa shape index (κ2) is 7.74. The number of anilines is 1. The fourth-order valence-corrected chi connectivity index (χ4v) is 2.92. The Hall–Kier alpha value is -3.28. The summed E-state index contributed by atoms with van der Waals surface area (Å²) in [4.78, 5) is 26.1. The van der Waals surface area contributed by atoms with Crippen LogP contribution in [0.3, 0.4) is 0 Å². The van der Waals surface area contributed by atoms with Crippen LogP contribution in [0.2, 0.25) is 0 Å². The zero-order valence-corrected chi connectivity index (χ0v) is 15.1. The lowest BCUT2D eigenvalue weighted by atomic mass is 9.96. The van der Waals surface area contributed by atoms with Gasteiger partial charge in [-0.05, 0) is 36.8 Å². The normalized spacial score (nSPS) is 14.8. The molecule has 136 valence electrons. The molecule has 3 N–H and O–H groups in total. The lowest BCUT2D eigenvalue weighted by Crippen LogP contribution is -2.29. The molecule has 1 aromatic rings. The van der Waals surface area contributed by atoms with Crippen LogP contribution in [-0.2, 0) is 4.74 Å². The summed E-state index contributed by atoms with van der Waals surface area (Å²) >= 11 is 0. The highest BCUT2D eigenvalue weighted by Gasteiger charge is 2.28. The van der Waals surface area contributed by atoms with Gasteiger partial charge in [0.1, 0.15) is 5.76 Å². The summed E-state index contributed by atoms with van der Waals surface area (Å²) in [7, 11) is 3.36. The van der Waals surface area contributed by atoms with Gasteiger partial charge in [0.05, 0.1) is 24.1 Å². The quantitative estimate of drug-likeness (QED) is 0.462. The Bertz CT molecular complexity index is 863. The lowest BCUT2D eigenvalue weighted by Gasteiger charge is -2.31. The first-order chi connectivity index (χ1) is 12.3. The van der Waals surface area contributed by atoms with E-state index < -0.39 is 5.97 Å². The number of carboxylic acids is 1. The summed E-state index contributed by atoms with van der Waals surface area (Å²) in [5.74, 6) is -0.702. The average Bonchev–Trinajstić information content (AvgIpc) is 2.60. The van der Waals surface area contributed by atoms with E-state index in [4.69, 9.17) is 10.5 Å². The van der Waals surface area contributed by atoms with Crippen LogP contribution in [0, 0.1) is 0 Å². The molecule has 2 rings (SSSR count). The molecule has 0 fully saturated rings. The van der Waals surface area contributed by atoms with Crippen molar-refractivity contribution >= 4 is 17.4 Å². The third-order valence-corrected chi connectivity index (χ3v) is 4.21. The Labute approximate surface area is 152 Å². The number of rotatable bonds is 6. The van der Waals surface area contributed by atoms with Crippen molar-refractivity contribution in [3.63, 3.8) is 0 Å². The van der Waals surface area contributed by atoms with Gasteiger partial charge in [0.15, 0.2) is 0 Å². The highest BCUT2D eigenvalue weighted by molar-refractivity contribution is 6.10. The molecule has 26 heavy (non-hydrogen) atoms. The maximum Gasteiger partial charge on any atom is 0.337 e. The Kier molecular flexibility index (Phi) is 5.67. The second-order valence-corrected chi connectivity index (χ2v) is 5.91. The van der Waals surface area contributed by atoms with Crippen molar-refractivity contribution in [2.24, 2.45) is 0 Å². The van der Waals surface area contributed by atoms with Crippen molar-refractivity contribution in [1.29, 1.82) is 0 Å². The van der Waals surface area contributed by atoms with Crippen molar-refractivity contribution < 1.29 is 19.4 Å². The van der Waals surface area contributed by atoms with Gasteiger partial charge in [-0.3, -0.25) is 4.79 Å². The molecule has 1 aliphatic rings. The van der Waals surface area contributed by atoms with E-state index in [-0.39, 0.29) is 22.6 Å². The number of allylic oxidation sites excluding steroid dienone is 5. The number of nitrogens with zero attached hydrogens (tertiary/aromatic N) is 1. The van der Waals surface area contributed by atoms with Crippen LogP contribution in [0.5, 0.6) is 0 Å². The van der Waals surface area contributed by atoms with Crippen molar-refractivity contribution in [2.45, 2.75) is 13.3 Å². The number of nitrogen functional groups attached to an aromatic ring is 1.